The van der Waals surface area contributed by atoms with Crippen LogP contribution in [0.5, 0.6) is 0 Å². The molecule has 5 rings (SSSR count). The van der Waals surface area contributed by atoms with E-state index in [0.717, 1.165) is 22.5 Å². The number of hydrogen-bond donors (Lipinski definition) is 1. The van der Waals surface area contributed by atoms with Crippen molar-refractivity contribution < 1.29 is 8.91 Å². The zero-order valence-corrected chi connectivity index (χ0v) is 19.9. The van der Waals surface area contributed by atoms with Crippen molar-refractivity contribution in [2.24, 2.45) is 0 Å². The molecule has 4 aromatic rings. The number of benzene rings is 3. The molecule has 0 spiro atoms. The number of aryl methyl sites for hydroxylation is 2. The van der Waals surface area contributed by atoms with Gasteiger partial charge in [0.2, 0.25) is 5.82 Å². The van der Waals surface area contributed by atoms with Gasteiger partial charge in [-0.05, 0) is 73.9 Å². The van der Waals surface area contributed by atoms with Crippen LogP contribution >= 0.6 is 12.2 Å². The molecule has 1 aliphatic rings. The summed E-state index contributed by atoms with van der Waals surface area (Å²) in [4.78, 5) is 6.62. The summed E-state index contributed by atoms with van der Waals surface area (Å²) >= 11 is 5.79. The van der Waals surface area contributed by atoms with Gasteiger partial charge in [-0.15, -0.1) is 0 Å². The van der Waals surface area contributed by atoms with E-state index in [1.165, 1.54) is 23.3 Å². The van der Waals surface area contributed by atoms with Gasteiger partial charge in [0.05, 0.1) is 11.6 Å². The molecule has 1 unspecified atom stereocenters. The Hall–Kier alpha value is -3.84. The highest BCUT2D eigenvalue weighted by Gasteiger charge is 2.34. The number of nitrogens with one attached hydrogen (secondary N) is 1. The third-order valence-electron chi connectivity index (χ3n) is 6.10. The van der Waals surface area contributed by atoms with Crippen LogP contribution in [-0.2, 0) is 0 Å². The van der Waals surface area contributed by atoms with Gasteiger partial charge in [0, 0.05) is 16.9 Å². The van der Waals surface area contributed by atoms with Crippen LogP contribution in [0.2, 0.25) is 0 Å². The van der Waals surface area contributed by atoms with Crippen molar-refractivity contribution in [1.82, 2.24) is 15.5 Å². The molecule has 0 bridgehead atoms. The predicted molar refractivity (Wildman–Crippen MR) is 136 cm³/mol. The molecule has 1 aromatic heterocycles. The lowest BCUT2D eigenvalue weighted by Gasteiger charge is -2.37. The van der Waals surface area contributed by atoms with E-state index in [9.17, 15) is 4.39 Å². The summed E-state index contributed by atoms with van der Waals surface area (Å²) in [6, 6.07) is 22.1. The van der Waals surface area contributed by atoms with Crippen molar-refractivity contribution in [3.63, 3.8) is 0 Å². The van der Waals surface area contributed by atoms with Gasteiger partial charge >= 0.3 is 0 Å². The zero-order chi connectivity index (χ0) is 23.8. The Morgan fingerprint density at radius 2 is 1.74 bits per heavy atom. The van der Waals surface area contributed by atoms with E-state index in [0.29, 0.717) is 22.4 Å². The lowest BCUT2D eigenvalue weighted by Crippen LogP contribution is -2.46. The Balaban J connectivity index is 1.67. The molecule has 5 nitrogen and oxygen atoms in total. The van der Waals surface area contributed by atoms with Gasteiger partial charge in [-0.1, -0.05) is 53.7 Å². The topological polar surface area (TPSA) is 54.2 Å². The number of halogens is 1. The number of aromatic nitrogens is 2. The van der Waals surface area contributed by atoms with Gasteiger partial charge in [-0.2, -0.15) is 4.98 Å². The van der Waals surface area contributed by atoms with Gasteiger partial charge < -0.3 is 9.84 Å². The van der Waals surface area contributed by atoms with E-state index >= 15 is 0 Å². The second kappa shape index (κ2) is 8.83. The molecule has 0 amide bonds. The van der Waals surface area contributed by atoms with Crippen molar-refractivity contribution in [1.29, 1.82) is 0 Å². The number of allylic oxidation sites excluding steroid dienone is 1. The number of anilines is 1. The predicted octanol–water partition coefficient (Wildman–Crippen LogP) is 6.36. The maximum Gasteiger partial charge on any atom is 0.258 e. The van der Waals surface area contributed by atoms with Crippen LogP contribution in [0.25, 0.3) is 17.0 Å². The number of thiocarbonyl (C=S) groups is 1. The Morgan fingerprint density at radius 3 is 2.47 bits per heavy atom. The Labute approximate surface area is 202 Å². The number of rotatable bonds is 4. The highest BCUT2D eigenvalue weighted by molar-refractivity contribution is 7.80. The lowest BCUT2D eigenvalue weighted by atomic mass is 9.92. The molecule has 2 heterocycles. The minimum absolute atomic E-state index is 0.285. The van der Waals surface area contributed by atoms with Crippen molar-refractivity contribution >= 4 is 28.6 Å². The fourth-order valence-corrected chi connectivity index (χ4v) is 4.54. The van der Waals surface area contributed by atoms with Crippen LogP contribution in [0, 0.1) is 19.7 Å². The zero-order valence-electron chi connectivity index (χ0n) is 19.0. The molecule has 0 radical (unpaired) electrons. The molecule has 34 heavy (non-hydrogen) atoms. The van der Waals surface area contributed by atoms with Crippen LogP contribution in [0.4, 0.5) is 10.1 Å². The summed E-state index contributed by atoms with van der Waals surface area (Å²) in [5.74, 6) is 0.330. The first kappa shape index (κ1) is 22.0. The summed E-state index contributed by atoms with van der Waals surface area (Å²) in [6.45, 7) is 6.16. The van der Waals surface area contributed by atoms with Crippen molar-refractivity contribution in [2.45, 2.75) is 26.8 Å². The summed E-state index contributed by atoms with van der Waals surface area (Å²) < 4.78 is 19.5. The van der Waals surface area contributed by atoms with E-state index in [1.54, 1.807) is 12.1 Å². The van der Waals surface area contributed by atoms with Crippen LogP contribution < -0.4 is 10.2 Å². The first-order valence-corrected chi connectivity index (χ1v) is 11.4. The van der Waals surface area contributed by atoms with Crippen LogP contribution in [-0.4, -0.2) is 15.3 Å². The van der Waals surface area contributed by atoms with E-state index in [1.807, 2.05) is 42.2 Å². The highest BCUT2D eigenvalue weighted by Crippen LogP contribution is 2.39. The van der Waals surface area contributed by atoms with Crippen molar-refractivity contribution in [3.05, 3.63) is 107 Å². The van der Waals surface area contributed by atoms with E-state index in [-0.39, 0.29) is 11.9 Å². The minimum Gasteiger partial charge on any atom is -0.351 e. The van der Waals surface area contributed by atoms with Crippen molar-refractivity contribution in [2.75, 3.05) is 4.90 Å². The first-order valence-electron chi connectivity index (χ1n) is 11.0. The van der Waals surface area contributed by atoms with E-state index < -0.39 is 0 Å². The van der Waals surface area contributed by atoms with Crippen LogP contribution in [0.3, 0.4) is 0 Å². The number of para-hydroxylation sites is 1. The Morgan fingerprint density at radius 1 is 0.941 bits per heavy atom. The third kappa shape index (κ3) is 3.99. The number of hydrogen-bond acceptors (Lipinski definition) is 4. The van der Waals surface area contributed by atoms with Gasteiger partial charge in [0.1, 0.15) is 5.82 Å². The second-order valence-corrected chi connectivity index (χ2v) is 8.72. The van der Waals surface area contributed by atoms with Crippen molar-refractivity contribution in [3.8, 4) is 11.4 Å². The molecule has 7 heteroatoms. The van der Waals surface area contributed by atoms with E-state index in [2.05, 4.69) is 47.5 Å². The average molecular weight is 471 g/mol. The normalized spacial score (nSPS) is 16.1. The summed E-state index contributed by atoms with van der Waals surface area (Å²) in [6.07, 6.45) is 0. The standard InChI is InChI=1S/C27H23FN4OS/c1-16-12-13-19(14-17(16)2)24-23(18(3)32(27(34)29-24)22-10-5-4-6-11-22)26-30-25(31-33-26)20-8-7-9-21(28)15-20/h4-15,24H,1-3H3,(H,29,34). The molecule has 1 aliphatic heterocycles. The molecule has 0 saturated carbocycles. The van der Waals surface area contributed by atoms with Gasteiger partial charge in [0.25, 0.3) is 5.89 Å². The second-order valence-electron chi connectivity index (χ2n) is 8.33. The molecule has 0 aliphatic carbocycles. The maximum absolute atomic E-state index is 13.8. The minimum atomic E-state index is -0.354. The Kier molecular flexibility index (Phi) is 5.71. The maximum atomic E-state index is 13.8. The summed E-state index contributed by atoms with van der Waals surface area (Å²) in [7, 11) is 0. The molecular formula is C27H23FN4OS. The first-order chi connectivity index (χ1) is 16.4. The smallest absolute Gasteiger partial charge is 0.258 e. The van der Waals surface area contributed by atoms with Gasteiger partial charge in [0.15, 0.2) is 5.11 Å². The van der Waals surface area contributed by atoms with Crippen LogP contribution in [0.1, 0.15) is 35.5 Å². The largest absolute Gasteiger partial charge is 0.351 e. The third-order valence-corrected chi connectivity index (χ3v) is 6.40. The fraction of sp³-hybridized carbons (Fsp3) is 0.148. The summed E-state index contributed by atoms with van der Waals surface area (Å²) in [5.41, 5.74) is 6.61. The van der Waals surface area contributed by atoms with Crippen LogP contribution in [0.15, 0.2) is 83.0 Å². The molecule has 0 saturated heterocycles. The SMILES string of the molecule is CC1=C(c2nc(-c3cccc(F)c3)no2)C(c2ccc(C)c(C)c2)NC(=S)N1c1ccccc1. The van der Waals surface area contributed by atoms with Gasteiger partial charge in [-0.25, -0.2) is 4.39 Å². The van der Waals surface area contributed by atoms with E-state index in [4.69, 9.17) is 16.7 Å². The fourth-order valence-electron chi connectivity index (χ4n) is 4.18. The van der Waals surface area contributed by atoms with Gasteiger partial charge in [-0.3, -0.25) is 4.90 Å². The average Bonchev–Trinajstić information content (AvgIpc) is 3.31. The molecule has 1 atom stereocenters. The molecule has 170 valence electrons. The molecule has 0 fully saturated rings. The molecule has 3 aromatic carbocycles. The lowest BCUT2D eigenvalue weighted by molar-refractivity contribution is 0.404. The Bertz CT molecular complexity index is 1410. The molecular weight excluding hydrogens is 447 g/mol. The monoisotopic (exact) mass is 470 g/mol. The highest BCUT2D eigenvalue weighted by atomic mass is 32.1. The molecule has 1 N–H and O–H groups in total. The number of nitrogens with zero attached hydrogens (tertiary/aromatic N) is 3. The summed E-state index contributed by atoms with van der Waals surface area (Å²) in [5, 5.41) is 8.21. The quantitative estimate of drug-likeness (QED) is 0.350.